The van der Waals surface area contributed by atoms with E-state index in [-0.39, 0.29) is 11.6 Å². The van der Waals surface area contributed by atoms with Crippen LogP contribution in [0.15, 0.2) is 142 Å². The van der Waals surface area contributed by atoms with Crippen molar-refractivity contribution in [1.29, 1.82) is 0 Å². The molecule has 0 aliphatic carbocycles. The van der Waals surface area contributed by atoms with E-state index in [1.54, 1.807) is 66.7 Å². The van der Waals surface area contributed by atoms with Gasteiger partial charge in [0.25, 0.3) is 11.8 Å². The summed E-state index contributed by atoms with van der Waals surface area (Å²) in [4.78, 5) is 40.9. The van der Waals surface area contributed by atoms with E-state index in [1.165, 1.54) is 11.8 Å². The van der Waals surface area contributed by atoms with Crippen LogP contribution in [0.25, 0.3) is 6.08 Å². The number of hydrogen-bond donors (Lipinski definition) is 3. The van der Waals surface area contributed by atoms with Crippen LogP contribution in [0.4, 0.5) is 11.4 Å². The lowest BCUT2D eigenvalue weighted by Gasteiger charge is -2.18. The van der Waals surface area contributed by atoms with Crippen LogP contribution in [-0.2, 0) is 9.59 Å². The Labute approximate surface area is 289 Å². The van der Waals surface area contributed by atoms with E-state index >= 15 is 0 Å². The molecular formula is C36H26BrCl2N3O3S. The lowest BCUT2D eigenvalue weighted by atomic mass is 10.1. The SMILES string of the molecule is O=C(Nc1cccc(SC(C(=O)Nc2ccc(Cl)c(Cl)c2)c2ccccc2)c1)/C(=C\c1cccc(Br)c1)NC(=O)c1ccccc1. The van der Waals surface area contributed by atoms with Gasteiger partial charge in [0.15, 0.2) is 0 Å². The van der Waals surface area contributed by atoms with Gasteiger partial charge in [0.1, 0.15) is 10.9 Å². The fourth-order valence-electron chi connectivity index (χ4n) is 4.37. The van der Waals surface area contributed by atoms with Crippen molar-refractivity contribution < 1.29 is 14.4 Å². The van der Waals surface area contributed by atoms with Crippen LogP contribution in [0, 0.1) is 0 Å². The Kier molecular flexibility index (Phi) is 11.3. The van der Waals surface area contributed by atoms with E-state index in [9.17, 15) is 14.4 Å². The molecule has 0 radical (unpaired) electrons. The summed E-state index contributed by atoms with van der Waals surface area (Å²) in [5.74, 6) is -1.18. The zero-order valence-electron chi connectivity index (χ0n) is 24.0. The second kappa shape index (κ2) is 15.8. The quantitative estimate of drug-likeness (QED) is 0.0987. The Balaban J connectivity index is 1.38. The summed E-state index contributed by atoms with van der Waals surface area (Å²) in [6.07, 6.45) is 1.61. The minimum Gasteiger partial charge on any atom is -0.325 e. The topological polar surface area (TPSA) is 87.3 Å². The van der Waals surface area contributed by atoms with Crippen molar-refractivity contribution in [3.8, 4) is 0 Å². The number of halogens is 3. The van der Waals surface area contributed by atoms with Crippen LogP contribution >= 0.6 is 50.9 Å². The molecule has 230 valence electrons. The molecule has 0 aliphatic heterocycles. The molecule has 3 N–H and O–H groups in total. The molecule has 5 aromatic carbocycles. The Morgan fingerprint density at radius 3 is 2.11 bits per heavy atom. The van der Waals surface area contributed by atoms with E-state index in [0.717, 1.165) is 20.5 Å². The van der Waals surface area contributed by atoms with Crippen molar-refractivity contribution >= 4 is 86.1 Å². The number of amides is 3. The van der Waals surface area contributed by atoms with E-state index in [2.05, 4.69) is 31.9 Å². The molecule has 0 spiro atoms. The molecule has 5 rings (SSSR count). The fourth-order valence-corrected chi connectivity index (χ4v) is 6.17. The van der Waals surface area contributed by atoms with E-state index in [1.807, 2.05) is 66.7 Å². The standard InChI is InChI=1S/C36H26BrCl2N3O3S/c37-26-14-7-9-23(19-26)20-32(42-34(43)25-12-5-2-6-13-25)35(44)40-27-15-8-16-29(21-27)46-33(24-10-3-1-4-11-24)36(45)41-28-17-18-30(38)31(39)22-28/h1-22,33H,(H,40,44)(H,41,45)(H,42,43)/b32-20+. The smallest absolute Gasteiger partial charge is 0.272 e. The summed E-state index contributed by atoms with van der Waals surface area (Å²) in [6.45, 7) is 0. The van der Waals surface area contributed by atoms with Gasteiger partial charge in [-0.25, -0.2) is 0 Å². The summed E-state index contributed by atoms with van der Waals surface area (Å²) in [5.41, 5.74) is 3.00. The van der Waals surface area contributed by atoms with Gasteiger partial charge >= 0.3 is 0 Å². The Morgan fingerprint density at radius 2 is 1.39 bits per heavy atom. The molecule has 10 heteroatoms. The number of carbonyl (C=O) groups excluding carboxylic acids is 3. The third-order valence-corrected chi connectivity index (χ3v) is 9.04. The zero-order chi connectivity index (χ0) is 32.5. The molecule has 46 heavy (non-hydrogen) atoms. The highest BCUT2D eigenvalue weighted by Crippen LogP contribution is 2.37. The first-order valence-electron chi connectivity index (χ1n) is 14.0. The maximum Gasteiger partial charge on any atom is 0.272 e. The Bertz CT molecular complexity index is 1910. The summed E-state index contributed by atoms with van der Waals surface area (Å²) in [5, 5.41) is 8.67. The molecule has 0 heterocycles. The lowest BCUT2D eigenvalue weighted by Crippen LogP contribution is -2.30. The predicted octanol–water partition coefficient (Wildman–Crippen LogP) is 9.64. The van der Waals surface area contributed by atoms with Gasteiger partial charge in [0, 0.05) is 26.3 Å². The van der Waals surface area contributed by atoms with Gasteiger partial charge in [-0.15, -0.1) is 11.8 Å². The molecule has 1 atom stereocenters. The summed E-state index contributed by atoms with van der Waals surface area (Å²) in [6, 6.07) is 37.5. The van der Waals surface area contributed by atoms with Crippen LogP contribution < -0.4 is 16.0 Å². The molecule has 6 nitrogen and oxygen atoms in total. The molecule has 0 aliphatic rings. The lowest BCUT2D eigenvalue weighted by molar-refractivity contribution is -0.116. The highest BCUT2D eigenvalue weighted by atomic mass is 79.9. The average molecular weight is 731 g/mol. The van der Waals surface area contributed by atoms with Crippen molar-refractivity contribution in [3.05, 3.63) is 164 Å². The first kappa shape index (κ1) is 33.0. The average Bonchev–Trinajstić information content (AvgIpc) is 3.06. The normalized spacial score (nSPS) is 11.8. The van der Waals surface area contributed by atoms with Crippen molar-refractivity contribution in [2.24, 2.45) is 0 Å². The van der Waals surface area contributed by atoms with Gasteiger partial charge in [-0.1, -0.05) is 106 Å². The summed E-state index contributed by atoms with van der Waals surface area (Å²) in [7, 11) is 0. The van der Waals surface area contributed by atoms with Gasteiger partial charge in [-0.05, 0) is 77.9 Å². The Morgan fingerprint density at radius 1 is 0.696 bits per heavy atom. The maximum atomic E-state index is 13.6. The highest BCUT2D eigenvalue weighted by Gasteiger charge is 2.23. The monoisotopic (exact) mass is 729 g/mol. The summed E-state index contributed by atoms with van der Waals surface area (Å²) < 4.78 is 0.830. The number of anilines is 2. The van der Waals surface area contributed by atoms with Gasteiger partial charge in [0.05, 0.1) is 10.0 Å². The van der Waals surface area contributed by atoms with E-state index in [0.29, 0.717) is 27.0 Å². The van der Waals surface area contributed by atoms with E-state index < -0.39 is 17.1 Å². The number of thioether (sulfide) groups is 1. The van der Waals surface area contributed by atoms with Gasteiger partial charge in [0.2, 0.25) is 5.91 Å². The van der Waals surface area contributed by atoms with Crippen LogP contribution in [0.2, 0.25) is 10.0 Å². The van der Waals surface area contributed by atoms with Crippen molar-refractivity contribution in [2.75, 3.05) is 10.6 Å². The molecule has 1 unspecified atom stereocenters. The molecule has 0 aromatic heterocycles. The van der Waals surface area contributed by atoms with Crippen LogP contribution in [0.3, 0.4) is 0 Å². The second-order valence-corrected chi connectivity index (χ2v) is 12.9. The van der Waals surface area contributed by atoms with Crippen molar-refractivity contribution in [3.63, 3.8) is 0 Å². The number of nitrogens with one attached hydrogen (secondary N) is 3. The molecule has 0 bridgehead atoms. The van der Waals surface area contributed by atoms with Crippen LogP contribution in [0.5, 0.6) is 0 Å². The maximum absolute atomic E-state index is 13.6. The van der Waals surface area contributed by atoms with Gasteiger partial charge in [-0.2, -0.15) is 0 Å². The van der Waals surface area contributed by atoms with E-state index in [4.69, 9.17) is 23.2 Å². The minimum absolute atomic E-state index is 0.0631. The van der Waals surface area contributed by atoms with Crippen LogP contribution in [0.1, 0.15) is 26.7 Å². The number of rotatable bonds is 10. The minimum atomic E-state index is -0.626. The Hall–Kier alpha value is -4.34. The third-order valence-electron chi connectivity index (χ3n) is 6.56. The predicted molar refractivity (Wildman–Crippen MR) is 191 cm³/mol. The fraction of sp³-hybridized carbons (Fsp3) is 0.0278. The highest BCUT2D eigenvalue weighted by molar-refractivity contribution is 9.10. The molecular weight excluding hydrogens is 705 g/mol. The molecule has 0 saturated heterocycles. The van der Waals surface area contributed by atoms with Crippen molar-refractivity contribution in [1.82, 2.24) is 5.32 Å². The molecule has 0 fully saturated rings. The molecule has 0 saturated carbocycles. The molecule has 3 amide bonds. The van der Waals surface area contributed by atoms with Crippen molar-refractivity contribution in [2.45, 2.75) is 10.1 Å². The van der Waals surface area contributed by atoms with Crippen LogP contribution in [-0.4, -0.2) is 17.7 Å². The van der Waals surface area contributed by atoms with Gasteiger partial charge < -0.3 is 16.0 Å². The first-order valence-corrected chi connectivity index (χ1v) is 16.4. The second-order valence-electron chi connectivity index (χ2n) is 9.94. The first-order chi connectivity index (χ1) is 22.2. The zero-order valence-corrected chi connectivity index (χ0v) is 28.0. The summed E-state index contributed by atoms with van der Waals surface area (Å²) >= 11 is 17.0. The number of carbonyl (C=O) groups is 3. The number of benzene rings is 5. The number of hydrogen-bond acceptors (Lipinski definition) is 4. The van der Waals surface area contributed by atoms with Gasteiger partial charge in [-0.3, -0.25) is 14.4 Å². The third kappa shape index (κ3) is 9.11. The molecule has 5 aromatic rings. The largest absolute Gasteiger partial charge is 0.325 e.